The quantitative estimate of drug-likeness (QED) is 0.489. The van der Waals surface area contributed by atoms with Crippen molar-refractivity contribution in [1.29, 1.82) is 0 Å². The van der Waals surface area contributed by atoms with Crippen LogP contribution in [-0.4, -0.2) is 14.9 Å². The van der Waals surface area contributed by atoms with Gasteiger partial charge in [0.1, 0.15) is 11.4 Å². The Bertz CT molecular complexity index is 632. The van der Waals surface area contributed by atoms with E-state index >= 15 is 0 Å². The molecule has 98 valence electrons. The summed E-state index contributed by atoms with van der Waals surface area (Å²) in [5, 5.41) is 11.4. The molecule has 6 nitrogen and oxygen atoms in total. The molecule has 1 heterocycles. The van der Waals surface area contributed by atoms with E-state index in [4.69, 9.17) is 27.9 Å². The molecule has 0 spiro atoms. The van der Waals surface area contributed by atoms with E-state index < -0.39 is 4.92 Å². The fraction of sp³-hybridized carbons (Fsp3) is 0.0909. The molecule has 0 bridgehead atoms. The van der Waals surface area contributed by atoms with Crippen LogP contribution in [-0.2, 0) is 0 Å². The van der Waals surface area contributed by atoms with Gasteiger partial charge in [-0.3, -0.25) is 10.1 Å². The van der Waals surface area contributed by atoms with Gasteiger partial charge in [0.15, 0.2) is 0 Å². The van der Waals surface area contributed by atoms with Crippen LogP contribution in [0.25, 0.3) is 0 Å². The zero-order chi connectivity index (χ0) is 14.0. The minimum atomic E-state index is -0.614. The molecule has 0 amide bonds. The maximum absolute atomic E-state index is 11.0. The summed E-state index contributed by atoms with van der Waals surface area (Å²) in [6.07, 6.45) is 0. The van der Waals surface area contributed by atoms with Gasteiger partial charge >= 0.3 is 11.6 Å². The highest BCUT2D eigenvalue weighted by Crippen LogP contribution is 2.32. The Morgan fingerprint density at radius 3 is 2.42 bits per heavy atom. The molecule has 0 saturated carbocycles. The number of ether oxygens (including phenoxy) is 1. The summed E-state index contributed by atoms with van der Waals surface area (Å²) in [6, 6.07) is 6.32. The molecule has 0 saturated heterocycles. The van der Waals surface area contributed by atoms with Gasteiger partial charge in [-0.25, -0.2) is 4.98 Å². The third-order valence-electron chi connectivity index (χ3n) is 2.21. The highest BCUT2D eigenvalue weighted by molar-refractivity contribution is 6.30. The molecule has 2 aromatic rings. The Kier molecular flexibility index (Phi) is 3.82. The van der Waals surface area contributed by atoms with Crippen LogP contribution in [0.3, 0.4) is 0 Å². The highest BCUT2D eigenvalue weighted by atomic mass is 35.5. The van der Waals surface area contributed by atoms with Gasteiger partial charge in [0.25, 0.3) is 0 Å². The van der Waals surface area contributed by atoms with Crippen LogP contribution in [0, 0.1) is 17.0 Å². The van der Waals surface area contributed by atoms with E-state index in [1.54, 1.807) is 24.3 Å². The second kappa shape index (κ2) is 5.38. The second-order valence-electron chi connectivity index (χ2n) is 3.54. The number of nitrogens with zero attached hydrogens (tertiary/aromatic N) is 3. The zero-order valence-electron chi connectivity index (χ0n) is 9.63. The van der Waals surface area contributed by atoms with Crippen LogP contribution in [0.5, 0.6) is 11.6 Å². The summed E-state index contributed by atoms with van der Waals surface area (Å²) in [5.41, 5.74) is -0.187. The molecule has 1 aromatic carbocycles. The largest absolute Gasteiger partial charge is 0.434 e. The Morgan fingerprint density at radius 1 is 1.21 bits per heavy atom. The number of aryl methyl sites for hydroxylation is 1. The predicted molar refractivity (Wildman–Crippen MR) is 70.0 cm³/mol. The van der Waals surface area contributed by atoms with E-state index in [2.05, 4.69) is 9.97 Å². The van der Waals surface area contributed by atoms with Gasteiger partial charge in [0.05, 0.1) is 4.92 Å². The molecular formula is C11H7Cl2N3O3. The van der Waals surface area contributed by atoms with Crippen molar-refractivity contribution in [3.05, 3.63) is 50.4 Å². The first kappa shape index (κ1) is 13.5. The third-order valence-corrected chi connectivity index (χ3v) is 2.63. The molecular weight excluding hydrogens is 293 g/mol. The Balaban J connectivity index is 2.44. The Hall–Kier alpha value is -1.92. The summed E-state index contributed by atoms with van der Waals surface area (Å²) < 4.78 is 5.35. The maximum atomic E-state index is 11.0. The summed E-state index contributed by atoms with van der Waals surface area (Å²) in [4.78, 5) is 17.8. The van der Waals surface area contributed by atoms with Gasteiger partial charge in [0, 0.05) is 5.02 Å². The molecule has 1 aromatic heterocycles. The molecule has 19 heavy (non-hydrogen) atoms. The van der Waals surface area contributed by atoms with Crippen molar-refractivity contribution < 1.29 is 9.66 Å². The van der Waals surface area contributed by atoms with Gasteiger partial charge in [-0.05, 0) is 42.8 Å². The van der Waals surface area contributed by atoms with Crippen LogP contribution < -0.4 is 4.74 Å². The number of rotatable bonds is 3. The molecule has 0 unspecified atom stereocenters. The van der Waals surface area contributed by atoms with Gasteiger partial charge in [0.2, 0.25) is 5.28 Å². The lowest BCUT2D eigenvalue weighted by Gasteiger charge is -2.06. The fourth-order valence-corrected chi connectivity index (χ4v) is 1.73. The smallest absolute Gasteiger partial charge is 0.352 e. The van der Waals surface area contributed by atoms with Crippen molar-refractivity contribution in [2.24, 2.45) is 0 Å². The SMILES string of the molecule is Cc1nc(Cl)nc(Oc2ccc(Cl)cc2)c1[N+](=O)[O-]. The monoisotopic (exact) mass is 299 g/mol. The molecule has 2 rings (SSSR count). The van der Waals surface area contributed by atoms with Crippen LogP contribution in [0.1, 0.15) is 5.69 Å². The Morgan fingerprint density at radius 2 is 1.84 bits per heavy atom. The molecule has 0 aliphatic carbocycles. The molecule has 8 heteroatoms. The third kappa shape index (κ3) is 3.10. The van der Waals surface area contributed by atoms with Gasteiger partial charge in [-0.15, -0.1) is 0 Å². The summed E-state index contributed by atoms with van der Waals surface area (Å²) in [5.74, 6) is 0.159. The van der Waals surface area contributed by atoms with Crippen molar-refractivity contribution in [3.8, 4) is 11.6 Å². The van der Waals surface area contributed by atoms with E-state index in [1.807, 2.05) is 0 Å². The maximum Gasteiger partial charge on any atom is 0.352 e. The number of hydrogen-bond acceptors (Lipinski definition) is 5. The van der Waals surface area contributed by atoms with Crippen LogP contribution >= 0.6 is 23.2 Å². The Labute approximate surface area is 118 Å². The number of benzene rings is 1. The molecule has 0 fully saturated rings. The van der Waals surface area contributed by atoms with E-state index in [-0.39, 0.29) is 22.5 Å². The lowest BCUT2D eigenvalue weighted by molar-refractivity contribution is -0.386. The summed E-state index contributed by atoms with van der Waals surface area (Å²) >= 11 is 11.4. The minimum absolute atomic E-state index is 0.118. The van der Waals surface area contributed by atoms with Crippen molar-refractivity contribution >= 4 is 28.9 Å². The number of halogens is 2. The summed E-state index contributed by atoms with van der Waals surface area (Å²) in [6.45, 7) is 1.46. The van der Waals surface area contributed by atoms with E-state index in [1.165, 1.54) is 6.92 Å². The molecule has 0 aliphatic heterocycles. The van der Waals surface area contributed by atoms with Crippen molar-refractivity contribution in [2.45, 2.75) is 6.92 Å². The molecule has 0 atom stereocenters. The van der Waals surface area contributed by atoms with Crippen LogP contribution in [0.4, 0.5) is 5.69 Å². The van der Waals surface area contributed by atoms with Gasteiger partial charge in [-0.2, -0.15) is 4.98 Å². The minimum Gasteiger partial charge on any atom is -0.434 e. The highest BCUT2D eigenvalue weighted by Gasteiger charge is 2.23. The number of hydrogen-bond donors (Lipinski definition) is 0. The first-order valence-corrected chi connectivity index (χ1v) is 5.85. The lowest BCUT2D eigenvalue weighted by Crippen LogP contribution is -2.01. The first-order valence-electron chi connectivity index (χ1n) is 5.09. The normalized spacial score (nSPS) is 10.3. The molecule has 0 radical (unpaired) electrons. The number of nitro groups is 1. The average molecular weight is 300 g/mol. The fourth-order valence-electron chi connectivity index (χ4n) is 1.40. The number of aromatic nitrogens is 2. The topological polar surface area (TPSA) is 78.2 Å². The van der Waals surface area contributed by atoms with E-state index in [0.717, 1.165) is 0 Å². The van der Waals surface area contributed by atoms with E-state index in [0.29, 0.717) is 10.8 Å². The van der Waals surface area contributed by atoms with E-state index in [9.17, 15) is 10.1 Å². The van der Waals surface area contributed by atoms with Gasteiger partial charge < -0.3 is 4.74 Å². The first-order chi connectivity index (χ1) is 8.97. The predicted octanol–water partition coefficient (Wildman–Crippen LogP) is 3.79. The second-order valence-corrected chi connectivity index (χ2v) is 4.32. The molecule has 0 aliphatic rings. The zero-order valence-corrected chi connectivity index (χ0v) is 11.1. The summed E-state index contributed by atoms with van der Waals surface area (Å²) in [7, 11) is 0. The standard InChI is InChI=1S/C11H7Cl2N3O3/c1-6-9(16(17)18)10(15-11(13)14-6)19-8-4-2-7(12)3-5-8/h2-5H,1H3. The van der Waals surface area contributed by atoms with Crippen molar-refractivity contribution in [2.75, 3.05) is 0 Å². The van der Waals surface area contributed by atoms with Crippen molar-refractivity contribution in [1.82, 2.24) is 9.97 Å². The van der Waals surface area contributed by atoms with Crippen LogP contribution in [0.15, 0.2) is 24.3 Å². The average Bonchev–Trinajstić information content (AvgIpc) is 2.30. The lowest BCUT2D eigenvalue weighted by atomic mass is 10.3. The molecule has 0 N–H and O–H groups in total. The van der Waals surface area contributed by atoms with Crippen LogP contribution in [0.2, 0.25) is 10.3 Å². The van der Waals surface area contributed by atoms with Crippen molar-refractivity contribution in [3.63, 3.8) is 0 Å². The van der Waals surface area contributed by atoms with Gasteiger partial charge in [-0.1, -0.05) is 11.6 Å².